The van der Waals surface area contributed by atoms with Crippen LogP contribution in [0.5, 0.6) is 0 Å². The number of hydrogen-bond donors (Lipinski definition) is 0. The minimum atomic E-state index is -3.76. The zero-order chi connectivity index (χ0) is 15.7. The Balaban J connectivity index is 1.99. The summed E-state index contributed by atoms with van der Waals surface area (Å²) in [5.74, 6) is 0. The molecule has 0 spiro atoms. The van der Waals surface area contributed by atoms with Gasteiger partial charge in [-0.05, 0) is 25.6 Å². The van der Waals surface area contributed by atoms with Crippen LogP contribution in [0.1, 0.15) is 12.1 Å². The van der Waals surface area contributed by atoms with Gasteiger partial charge in [0.1, 0.15) is 11.0 Å². The maximum atomic E-state index is 13.0. The Morgan fingerprint density at radius 3 is 3.05 bits per heavy atom. The Hall–Kier alpha value is -1.53. The molecule has 2 saturated heterocycles. The summed E-state index contributed by atoms with van der Waals surface area (Å²) in [4.78, 5) is 5.95. The van der Waals surface area contributed by atoms with E-state index in [2.05, 4.69) is 9.88 Å². The second-order valence-corrected chi connectivity index (χ2v) is 7.46. The van der Waals surface area contributed by atoms with E-state index in [1.165, 1.54) is 16.6 Å². The van der Waals surface area contributed by atoms with Gasteiger partial charge in [0.15, 0.2) is 5.69 Å². The fourth-order valence-corrected chi connectivity index (χ4v) is 4.83. The molecule has 3 heterocycles. The van der Waals surface area contributed by atoms with E-state index in [0.717, 1.165) is 13.0 Å². The van der Waals surface area contributed by atoms with Gasteiger partial charge in [-0.1, -0.05) is 0 Å². The van der Waals surface area contributed by atoms with Crippen molar-refractivity contribution in [3.05, 3.63) is 24.0 Å². The van der Waals surface area contributed by atoms with Crippen LogP contribution < -0.4 is 0 Å². The molecule has 118 valence electrons. The minimum Gasteiger partial charge on any atom is -0.375 e. The molecule has 2 atom stereocenters. The average Bonchev–Trinajstić information content (AvgIpc) is 2.54. The molecule has 7 nitrogen and oxygen atoms in total. The van der Waals surface area contributed by atoms with Crippen molar-refractivity contribution in [2.24, 2.45) is 0 Å². The van der Waals surface area contributed by atoms with Crippen LogP contribution in [0, 0.1) is 11.3 Å². The van der Waals surface area contributed by atoms with Gasteiger partial charge < -0.3 is 9.64 Å². The number of fused-ring (bicyclic) bond motifs is 1. The van der Waals surface area contributed by atoms with Gasteiger partial charge in [-0.3, -0.25) is 0 Å². The number of nitrogens with zero attached hydrogens (tertiary/aromatic N) is 4. The highest BCUT2D eigenvalue weighted by Crippen LogP contribution is 2.28. The number of rotatable bonds is 2. The van der Waals surface area contributed by atoms with Crippen molar-refractivity contribution in [1.82, 2.24) is 14.2 Å². The van der Waals surface area contributed by atoms with Crippen molar-refractivity contribution in [3.8, 4) is 6.07 Å². The Morgan fingerprint density at radius 1 is 1.45 bits per heavy atom. The Kier molecular flexibility index (Phi) is 4.14. The average molecular weight is 322 g/mol. The first-order valence-electron chi connectivity index (χ1n) is 7.21. The van der Waals surface area contributed by atoms with Crippen molar-refractivity contribution in [2.75, 3.05) is 33.3 Å². The summed E-state index contributed by atoms with van der Waals surface area (Å²) in [6.45, 7) is 2.21. The minimum absolute atomic E-state index is 0.0219. The first-order valence-corrected chi connectivity index (χ1v) is 8.65. The third-order valence-electron chi connectivity index (χ3n) is 4.20. The molecule has 0 unspecified atom stereocenters. The van der Waals surface area contributed by atoms with Gasteiger partial charge in [-0.2, -0.15) is 9.57 Å². The summed E-state index contributed by atoms with van der Waals surface area (Å²) in [6.07, 6.45) is 2.15. The second kappa shape index (κ2) is 5.93. The number of pyridine rings is 1. The lowest BCUT2D eigenvalue weighted by Gasteiger charge is -2.45. The van der Waals surface area contributed by atoms with Crippen LogP contribution in [0.3, 0.4) is 0 Å². The molecule has 1 aromatic rings. The smallest absolute Gasteiger partial charge is 0.246 e. The molecular formula is C14H18N4O3S. The third kappa shape index (κ3) is 2.61. The molecule has 2 fully saturated rings. The third-order valence-corrected chi connectivity index (χ3v) is 6.16. The fourth-order valence-electron chi connectivity index (χ4n) is 3.11. The lowest BCUT2D eigenvalue weighted by molar-refractivity contribution is -0.0719. The van der Waals surface area contributed by atoms with Gasteiger partial charge in [-0.15, -0.1) is 0 Å². The van der Waals surface area contributed by atoms with E-state index >= 15 is 0 Å². The molecule has 0 bridgehead atoms. The van der Waals surface area contributed by atoms with Crippen molar-refractivity contribution in [2.45, 2.75) is 23.5 Å². The number of piperidine rings is 1. The fraction of sp³-hybridized carbons (Fsp3) is 0.571. The van der Waals surface area contributed by atoms with E-state index in [-0.39, 0.29) is 22.7 Å². The first kappa shape index (κ1) is 15.4. The molecule has 0 radical (unpaired) electrons. The first-order chi connectivity index (χ1) is 10.5. The zero-order valence-corrected chi connectivity index (χ0v) is 13.2. The molecule has 3 rings (SSSR count). The van der Waals surface area contributed by atoms with Crippen LogP contribution in [0.15, 0.2) is 23.2 Å². The number of ether oxygens (including phenoxy) is 1. The number of morpholine rings is 1. The van der Waals surface area contributed by atoms with Gasteiger partial charge in [0.05, 0.1) is 18.8 Å². The highest BCUT2D eigenvalue weighted by atomic mass is 32.2. The number of aromatic nitrogens is 1. The molecule has 2 aliphatic heterocycles. The van der Waals surface area contributed by atoms with Gasteiger partial charge in [0.25, 0.3) is 0 Å². The van der Waals surface area contributed by atoms with Crippen LogP contribution >= 0.6 is 0 Å². The summed E-state index contributed by atoms with van der Waals surface area (Å²) < 4.78 is 33.2. The summed E-state index contributed by atoms with van der Waals surface area (Å²) in [7, 11) is -1.78. The van der Waals surface area contributed by atoms with Gasteiger partial charge in [-0.25, -0.2) is 13.4 Å². The van der Waals surface area contributed by atoms with E-state index < -0.39 is 10.0 Å². The van der Waals surface area contributed by atoms with Gasteiger partial charge in [0.2, 0.25) is 10.0 Å². The number of nitriles is 1. The standard InChI is InChI=1S/C14H18N4O3S/c1-17-6-4-13-12(10-17)18(7-8-21-13)22(19,20)14-3-2-5-16-11(14)9-15/h2-3,5,12-13H,4,6-8,10H2,1H3/t12-,13-/m0/s1. The lowest BCUT2D eigenvalue weighted by Crippen LogP contribution is -2.60. The van der Waals surface area contributed by atoms with Crippen LogP contribution in [0.4, 0.5) is 0 Å². The van der Waals surface area contributed by atoms with E-state index in [1.807, 2.05) is 13.1 Å². The molecule has 22 heavy (non-hydrogen) atoms. The van der Waals surface area contributed by atoms with Crippen LogP contribution in [0.25, 0.3) is 0 Å². The second-order valence-electron chi connectivity index (χ2n) is 5.61. The number of likely N-dealkylation sites (N-methyl/N-ethyl adjacent to an activating group) is 1. The van der Waals surface area contributed by atoms with Crippen molar-refractivity contribution >= 4 is 10.0 Å². The SMILES string of the molecule is CN1CC[C@@H]2OCCN(S(=O)(=O)c3cccnc3C#N)[C@H]2C1. The predicted octanol–water partition coefficient (Wildman–Crippen LogP) is 0.0469. The highest BCUT2D eigenvalue weighted by Gasteiger charge is 2.42. The number of hydrogen-bond acceptors (Lipinski definition) is 6. The molecule has 2 aliphatic rings. The molecule has 0 aromatic carbocycles. The quantitative estimate of drug-likeness (QED) is 0.764. The highest BCUT2D eigenvalue weighted by molar-refractivity contribution is 7.89. The van der Waals surface area contributed by atoms with E-state index in [0.29, 0.717) is 19.7 Å². The molecular weight excluding hydrogens is 304 g/mol. The van der Waals surface area contributed by atoms with E-state index in [4.69, 9.17) is 10.00 Å². The Bertz CT molecular complexity index is 700. The zero-order valence-electron chi connectivity index (χ0n) is 12.3. The van der Waals surface area contributed by atoms with E-state index in [9.17, 15) is 8.42 Å². The van der Waals surface area contributed by atoms with Crippen molar-refractivity contribution in [3.63, 3.8) is 0 Å². The van der Waals surface area contributed by atoms with Crippen molar-refractivity contribution in [1.29, 1.82) is 5.26 Å². The van der Waals surface area contributed by atoms with Gasteiger partial charge in [0, 0.05) is 25.8 Å². The normalized spacial score (nSPS) is 27.1. The van der Waals surface area contributed by atoms with Gasteiger partial charge >= 0.3 is 0 Å². The lowest BCUT2D eigenvalue weighted by atomic mass is 10.0. The van der Waals surface area contributed by atoms with Crippen LogP contribution in [-0.4, -0.2) is 68.0 Å². The summed E-state index contributed by atoms with van der Waals surface area (Å²) in [5.41, 5.74) is -0.0605. The summed E-state index contributed by atoms with van der Waals surface area (Å²) >= 11 is 0. The maximum absolute atomic E-state index is 13.0. The molecule has 1 aromatic heterocycles. The summed E-state index contributed by atoms with van der Waals surface area (Å²) in [6, 6.07) is 4.63. The molecule has 0 aliphatic carbocycles. The molecule has 0 N–H and O–H groups in total. The van der Waals surface area contributed by atoms with Crippen molar-refractivity contribution < 1.29 is 13.2 Å². The maximum Gasteiger partial charge on any atom is 0.246 e. The Labute approximate surface area is 130 Å². The number of sulfonamides is 1. The molecule has 0 amide bonds. The molecule has 0 saturated carbocycles. The topological polar surface area (TPSA) is 86.5 Å². The predicted molar refractivity (Wildman–Crippen MR) is 78.5 cm³/mol. The monoisotopic (exact) mass is 322 g/mol. The molecule has 8 heteroatoms. The van der Waals surface area contributed by atoms with E-state index in [1.54, 1.807) is 6.07 Å². The van der Waals surface area contributed by atoms with Crippen LogP contribution in [0.2, 0.25) is 0 Å². The largest absolute Gasteiger partial charge is 0.375 e. The number of likely N-dealkylation sites (tertiary alicyclic amines) is 1. The van der Waals surface area contributed by atoms with Crippen LogP contribution in [-0.2, 0) is 14.8 Å². The summed E-state index contributed by atoms with van der Waals surface area (Å²) in [5, 5.41) is 9.13. The Morgan fingerprint density at radius 2 is 2.27 bits per heavy atom.